The Morgan fingerprint density at radius 3 is 2.05 bits per heavy atom. The van der Waals surface area contributed by atoms with Crippen LogP contribution in [-0.2, 0) is 4.74 Å². The summed E-state index contributed by atoms with van der Waals surface area (Å²) in [4.78, 5) is 23.5. The standard InChI is InChI=1S/C13H13ClO5Si/c1-20(2,3)11-5-9(7-18-11)13(16)19-12(15)8-4-10(14)17-6-8/h4-7H,1-3H3. The number of hydrogen-bond acceptors (Lipinski definition) is 5. The van der Waals surface area contributed by atoms with Gasteiger partial charge in [-0.15, -0.1) is 0 Å². The third-order valence-electron chi connectivity index (χ3n) is 2.56. The molecule has 2 heterocycles. The Balaban J connectivity index is 2.09. The molecule has 0 amide bonds. The lowest BCUT2D eigenvalue weighted by molar-refractivity contribution is 0.0397. The van der Waals surface area contributed by atoms with E-state index in [1.165, 1.54) is 12.3 Å². The Labute approximate surface area is 121 Å². The third-order valence-corrected chi connectivity index (χ3v) is 4.50. The minimum absolute atomic E-state index is 0.0497. The lowest BCUT2D eigenvalue weighted by Crippen LogP contribution is -2.36. The predicted molar refractivity (Wildman–Crippen MR) is 75.2 cm³/mol. The van der Waals surface area contributed by atoms with E-state index in [4.69, 9.17) is 25.2 Å². The molecule has 0 aliphatic rings. The lowest BCUT2D eigenvalue weighted by atomic mass is 10.3. The molecule has 0 aromatic carbocycles. The Bertz CT molecular complexity index is 650. The molecule has 106 valence electrons. The van der Waals surface area contributed by atoms with Crippen LogP contribution < -0.4 is 5.38 Å². The molecule has 0 spiro atoms. The third kappa shape index (κ3) is 3.20. The van der Waals surface area contributed by atoms with E-state index in [0.717, 1.165) is 11.6 Å². The largest absolute Gasteiger partial charge is 0.474 e. The second-order valence-electron chi connectivity index (χ2n) is 5.27. The smallest absolute Gasteiger partial charge is 0.349 e. The highest BCUT2D eigenvalue weighted by atomic mass is 35.5. The normalized spacial score (nSPS) is 11.4. The summed E-state index contributed by atoms with van der Waals surface area (Å²) in [5, 5.41) is 0.817. The molecule has 0 fully saturated rings. The van der Waals surface area contributed by atoms with E-state index < -0.39 is 20.0 Å². The summed E-state index contributed by atoms with van der Waals surface area (Å²) in [6.45, 7) is 6.25. The van der Waals surface area contributed by atoms with Gasteiger partial charge in [0, 0.05) is 6.07 Å². The lowest BCUT2D eigenvalue weighted by Gasteiger charge is -2.10. The van der Waals surface area contributed by atoms with Gasteiger partial charge in [0.25, 0.3) is 0 Å². The average molecular weight is 313 g/mol. The van der Waals surface area contributed by atoms with E-state index in [9.17, 15) is 9.59 Å². The average Bonchev–Trinajstić information content (AvgIpc) is 2.95. The molecule has 20 heavy (non-hydrogen) atoms. The molecule has 0 bridgehead atoms. The monoisotopic (exact) mass is 312 g/mol. The molecule has 5 nitrogen and oxygen atoms in total. The Morgan fingerprint density at radius 1 is 1.05 bits per heavy atom. The van der Waals surface area contributed by atoms with Gasteiger partial charge in [0.1, 0.15) is 20.6 Å². The van der Waals surface area contributed by atoms with E-state index >= 15 is 0 Å². The summed E-state index contributed by atoms with van der Waals surface area (Å²) in [5.41, 5.74) is 0.294. The molecule has 0 aliphatic heterocycles. The van der Waals surface area contributed by atoms with Crippen molar-refractivity contribution in [1.82, 2.24) is 0 Å². The first kappa shape index (κ1) is 14.6. The maximum Gasteiger partial charge on any atom is 0.349 e. The van der Waals surface area contributed by atoms with Crippen LogP contribution in [0.4, 0.5) is 0 Å². The molecular weight excluding hydrogens is 300 g/mol. The van der Waals surface area contributed by atoms with E-state index in [-0.39, 0.29) is 16.3 Å². The van der Waals surface area contributed by atoms with Crippen LogP contribution in [0.5, 0.6) is 0 Å². The van der Waals surface area contributed by atoms with Crippen LogP contribution in [-0.4, -0.2) is 20.0 Å². The Morgan fingerprint density at radius 2 is 1.60 bits per heavy atom. The Hall–Kier alpha value is -1.79. The molecule has 0 N–H and O–H groups in total. The second kappa shape index (κ2) is 5.30. The first-order chi connectivity index (χ1) is 9.27. The highest BCUT2D eigenvalue weighted by Crippen LogP contribution is 2.15. The van der Waals surface area contributed by atoms with Gasteiger partial charge in [-0.3, -0.25) is 0 Å². The topological polar surface area (TPSA) is 69.7 Å². The van der Waals surface area contributed by atoms with Gasteiger partial charge in [0.05, 0.1) is 16.5 Å². The summed E-state index contributed by atoms with van der Waals surface area (Å²) < 4.78 is 14.8. The maximum absolute atomic E-state index is 11.8. The number of ether oxygens (including phenoxy) is 1. The van der Waals surface area contributed by atoms with Gasteiger partial charge in [0.2, 0.25) is 0 Å². The first-order valence-corrected chi connectivity index (χ1v) is 9.75. The van der Waals surface area contributed by atoms with Gasteiger partial charge in [0.15, 0.2) is 5.22 Å². The quantitative estimate of drug-likeness (QED) is 0.495. The molecule has 0 saturated carbocycles. The van der Waals surface area contributed by atoms with Gasteiger partial charge in [-0.05, 0) is 17.7 Å². The highest BCUT2D eigenvalue weighted by Gasteiger charge is 2.24. The second-order valence-corrected chi connectivity index (χ2v) is 10.6. The number of hydrogen-bond donors (Lipinski definition) is 0. The molecule has 0 radical (unpaired) electrons. The fourth-order valence-electron chi connectivity index (χ4n) is 1.46. The van der Waals surface area contributed by atoms with Crippen LogP contribution in [0.15, 0.2) is 33.5 Å². The predicted octanol–water partition coefficient (Wildman–Crippen LogP) is 3.07. The zero-order chi connectivity index (χ0) is 14.9. The molecule has 0 atom stereocenters. The molecule has 0 unspecified atom stereocenters. The number of halogens is 1. The van der Waals surface area contributed by atoms with Crippen molar-refractivity contribution in [3.05, 3.63) is 41.0 Å². The Kier molecular flexibility index (Phi) is 3.87. The van der Waals surface area contributed by atoms with Gasteiger partial charge in [-0.1, -0.05) is 19.6 Å². The van der Waals surface area contributed by atoms with Crippen molar-refractivity contribution >= 4 is 37.0 Å². The molecule has 0 aliphatic carbocycles. The summed E-state index contributed by atoms with van der Waals surface area (Å²) in [6, 6.07) is 2.89. The number of carbonyl (C=O) groups excluding carboxylic acids is 2. The maximum atomic E-state index is 11.8. The van der Waals surface area contributed by atoms with Crippen molar-refractivity contribution in [3.8, 4) is 0 Å². The van der Waals surface area contributed by atoms with E-state index in [2.05, 4.69) is 19.6 Å². The van der Waals surface area contributed by atoms with Crippen molar-refractivity contribution in [2.75, 3.05) is 0 Å². The molecule has 2 aromatic heterocycles. The van der Waals surface area contributed by atoms with Gasteiger partial charge in [-0.2, -0.15) is 0 Å². The molecular formula is C13H13ClO5Si. The molecule has 7 heteroatoms. The van der Waals surface area contributed by atoms with Crippen LogP contribution in [0.25, 0.3) is 0 Å². The van der Waals surface area contributed by atoms with E-state index in [1.54, 1.807) is 6.07 Å². The van der Waals surface area contributed by atoms with Crippen LogP contribution >= 0.6 is 11.6 Å². The number of rotatable bonds is 3. The van der Waals surface area contributed by atoms with Crippen LogP contribution in [0.1, 0.15) is 20.7 Å². The molecule has 2 aromatic rings. The van der Waals surface area contributed by atoms with Crippen molar-refractivity contribution in [2.24, 2.45) is 0 Å². The zero-order valence-corrected chi connectivity index (χ0v) is 13.0. The SMILES string of the molecule is C[Si](C)(C)c1cc(C(=O)OC(=O)c2coc(Cl)c2)co1. The first-order valence-electron chi connectivity index (χ1n) is 5.87. The zero-order valence-electron chi connectivity index (χ0n) is 11.2. The van der Waals surface area contributed by atoms with Gasteiger partial charge < -0.3 is 13.6 Å². The van der Waals surface area contributed by atoms with Crippen LogP contribution in [0, 0.1) is 0 Å². The minimum atomic E-state index is -1.65. The summed E-state index contributed by atoms with van der Waals surface area (Å²) in [7, 11) is -1.65. The minimum Gasteiger partial charge on any atom is -0.474 e. The van der Waals surface area contributed by atoms with Gasteiger partial charge >= 0.3 is 11.9 Å². The van der Waals surface area contributed by atoms with Crippen molar-refractivity contribution in [1.29, 1.82) is 0 Å². The van der Waals surface area contributed by atoms with E-state index in [0.29, 0.717) is 0 Å². The summed E-state index contributed by atoms with van der Waals surface area (Å²) >= 11 is 5.54. The fraction of sp³-hybridized carbons (Fsp3) is 0.231. The van der Waals surface area contributed by atoms with Crippen LogP contribution in [0.2, 0.25) is 24.9 Å². The number of furan rings is 2. The number of carbonyl (C=O) groups is 2. The van der Waals surface area contributed by atoms with Gasteiger partial charge in [-0.25, -0.2) is 9.59 Å². The van der Waals surface area contributed by atoms with Crippen LogP contribution in [0.3, 0.4) is 0 Å². The highest BCUT2D eigenvalue weighted by molar-refractivity contribution is 6.87. The summed E-state index contributed by atoms with van der Waals surface area (Å²) in [5.74, 6) is -1.58. The fourth-order valence-corrected chi connectivity index (χ4v) is 2.62. The van der Waals surface area contributed by atoms with Crippen molar-refractivity contribution in [2.45, 2.75) is 19.6 Å². The summed E-state index contributed by atoms with van der Waals surface area (Å²) in [6.07, 6.45) is 2.42. The van der Waals surface area contributed by atoms with E-state index in [1.807, 2.05) is 0 Å². The van der Waals surface area contributed by atoms with Crippen molar-refractivity contribution < 1.29 is 23.2 Å². The molecule has 0 saturated heterocycles. The van der Waals surface area contributed by atoms with Crippen molar-refractivity contribution in [3.63, 3.8) is 0 Å². The molecule has 2 rings (SSSR count). The number of esters is 2.